The average Bonchev–Trinajstić information content (AvgIpc) is 2.44. The lowest BCUT2D eigenvalue weighted by Crippen LogP contribution is -2.47. The summed E-state index contributed by atoms with van der Waals surface area (Å²) < 4.78 is 12.8. The van der Waals surface area contributed by atoms with Crippen molar-refractivity contribution in [1.82, 2.24) is 10.6 Å². The zero-order valence-electron chi connectivity index (χ0n) is 13.4. The smallest absolute Gasteiger partial charge is 0.326 e. The minimum atomic E-state index is -1.30. The zero-order chi connectivity index (χ0) is 17.6. The Balaban J connectivity index is 2.56. The first-order chi connectivity index (χ1) is 10.6. The van der Waals surface area contributed by atoms with Crippen LogP contribution in [-0.4, -0.2) is 28.9 Å². The third-order valence-corrected chi connectivity index (χ3v) is 3.20. The van der Waals surface area contributed by atoms with Crippen LogP contribution >= 0.6 is 0 Å². The molecule has 0 fully saturated rings. The highest BCUT2D eigenvalue weighted by Gasteiger charge is 2.29. The Bertz CT molecular complexity index is 579. The number of aliphatic carboxylic acids is 1. The number of carbonyl (C=O) groups excluding carboxylic acids is 2. The van der Waals surface area contributed by atoms with Gasteiger partial charge in [-0.3, -0.25) is 4.79 Å². The normalized spacial score (nSPS) is 12.3. The van der Waals surface area contributed by atoms with E-state index in [0.29, 0.717) is 5.56 Å². The van der Waals surface area contributed by atoms with Gasteiger partial charge in [0.1, 0.15) is 17.6 Å². The molecule has 1 unspecified atom stereocenters. The maximum Gasteiger partial charge on any atom is 0.326 e. The van der Waals surface area contributed by atoms with E-state index in [1.54, 1.807) is 20.8 Å². The second kappa shape index (κ2) is 7.71. The summed E-state index contributed by atoms with van der Waals surface area (Å²) in [5, 5.41) is 13.8. The number of Topliss-reactive ketones (excluding diaryl/α,β-unsaturated/α-hetero) is 1. The fraction of sp³-hybridized carbons (Fsp3) is 0.438. The molecule has 6 nitrogen and oxygen atoms in total. The average molecular weight is 324 g/mol. The quantitative estimate of drug-likeness (QED) is 0.746. The first-order valence-electron chi connectivity index (χ1n) is 7.14. The van der Waals surface area contributed by atoms with Crippen molar-refractivity contribution in [3.05, 3.63) is 35.6 Å². The first kappa shape index (κ1) is 18.6. The van der Waals surface area contributed by atoms with E-state index in [1.807, 2.05) is 0 Å². The van der Waals surface area contributed by atoms with E-state index in [9.17, 15) is 18.8 Å². The van der Waals surface area contributed by atoms with Crippen LogP contribution in [-0.2, 0) is 16.1 Å². The van der Waals surface area contributed by atoms with E-state index in [0.717, 1.165) is 0 Å². The van der Waals surface area contributed by atoms with Gasteiger partial charge in [0.15, 0.2) is 0 Å². The zero-order valence-corrected chi connectivity index (χ0v) is 13.4. The SMILES string of the molecule is CC(C)(C)C(=O)CC(NC(=O)NCc1ccc(F)cc1)C(=O)O. The molecule has 0 aliphatic carbocycles. The number of hydrogen-bond donors (Lipinski definition) is 3. The summed E-state index contributed by atoms with van der Waals surface area (Å²) in [4.78, 5) is 34.8. The number of rotatable bonds is 6. The topological polar surface area (TPSA) is 95.5 Å². The van der Waals surface area contributed by atoms with Crippen LogP contribution in [0.4, 0.5) is 9.18 Å². The van der Waals surface area contributed by atoms with Crippen LogP contribution in [0.2, 0.25) is 0 Å². The van der Waals surface area contributed by atoms with Gasteiger partial charge in [-0.2, -0.15) is 0 Å². The molecule has 0 spiro atoms. The fourth-order valence-corrected chi connectivity index (χ4v) is 1.69. The Morgan fingerprint density at radius 2 is 1.74 bits per heavy atom. The van der Waals surface area contributed by atoms with Crippen LogP contribution in [0.25, 0.3) is 0 Å². The largest absolute Gasteiger partial charge is 0.480 e. The predicted octanol–water partition coefficient (Wildman–Crippen LogP) is 2.08. The number of benzene rings is 1. The Kier molecular flexibility index (Phi) is 6.24. The number of hydrogen-bond acceptors (Lipinski definition) is 3. The van der Waals surface area contributed by atoms with Crippen molar-refractivity contribution >= 4 is 17.8 Å². The van der Waals surface area contributed by atoms with Gasteiger partial charge in [0, 0.05) is 18.4 Å². The lowest BCUT2D eigenvalue weighted by atomic mass is 9.87. The summed E-state index contributed by atoms with van der Waals surface area (Å²) in [6.45, 7) is 5.17. The third kappa shape index (κ3) is 6.46. The molecule has 23 heavy (non-hydrogen) atoms. The molecule has 126 valence electrons. The number of ketones is 1. The minimum absolute atomic E-state index is 0.117. The van der Waals surface area contributed by atoms with Gasteiger partial charge in [0.05, 0.1) is 0 Å². The van der Waals surface area contributed by atoms with Crippen molar-refractivity contribution in [2.75, 3.05) is 0 Å². The van der Waals surface area contributed by atoms with Crippen molar-refractivity contribution in [1.29, 1.82) is 0 Å². The highest BCUT2D eigenvalue weighted by molar-refractivity contribution is 5.91. The Hall–Kier alpha value is -2.44. The molecule has 7 heteroatoms. The highest BCUT2D eigenvalue weighted by Crippen LogP contribution is 2.17. The summed E-state index contributed by atoms with van der Waals surface area (Å²) in [5.41, 5.74) is -0.0147. The van der Waals surface area contributed by atoms with E-state index in [1.165, 1.54) is 24.3 Å². The van der Waals surface area contributed by atoms with E-state index in [2.05, 4.69) is 10.6 Å². The van der Waals surface area contributed by atoms with E-state index in [-0.39, 0.29) is 24.6 Å². The summed E-state index contributed by atoms with van der Waals surface area (Å²) in [7, 11) is 0. The van der Waals surface area contributed by atoms with Gasteiger partial charge >= 0.3 is 12.0 Å². The number of amides is 2. The molecule has 1 rings (SSSR count). The molecular formula is C16H21FN2O4. The second-order valence-corrected chi connectivity index (χ2v) is 6.22. The lowest BCUT2D eigenvalue weighted by Gasteiger charge is -2.20. The van der Waals surface area contributed by atoms with Crippen molar-refractivity contribution in [3.8, 4) is 0 Å². The van der Waals surface area contributed by atoms with Crippen molar-refractivity contribution in [2.24, 2.45) is 5.41 Å². The predicted molar refractivity (Wildman–Crippen MR) is 82.3 cm³/mol. The van der Waals surface area contributed by atoms with Gasteiger partial charge in [-0.15, -0.1) is 0 Å². The van der Waals surface area contributed by atoms with Gasteiger partial charge in [-0.05, 0) is 17.7 Å². The molecule has 1 atom stereocenters. The molecule has 0 aromatic heterocycles. The number of carbonyl (C=O) groups is 3. The Labute approximate surface area is 134 Å². The standard InChI is InChI=1S/C16H21FN2O4/c1-16(2,3)13(20)8-12(14(21)22)19-15(23)18-9-10-4-6-11(17)7-5-10/h4-7,12H,8-9H2,1-3H3,(H,21,22)(H2,18,19,23). The molecule has 0 saturated carbocycles. The molecule has 1 aromatic rings. The first-order valence-corrected chi connectivity index (χ1v) is 7.14. The summed E-state index contributed by atoms with van der Waals surface area (Å²) in [6, 6.07) is 3.53. The van der Waals surface area contributed by atoms with Crippen LogP contribution in [0, 0.1) is 11.2 Å². The molecule has 0 aliphatic rings. The third-order valence-electron chi connectivity index (χ3n) is 3.20. The van der Waals surface area contributed by atoms with Gasteiger partial charge < -0.3 is 15.7 Å². The van der Waals surface area contributed by atoms with Crippen molar-refractivity contribution in [2.45, 2.75) is 39.8 Å². The fourth-order valence-electron chi connectivity index (χ4n) is 1.69. The summed E-state index contributed by atoms with van der Waals surface area (Å²) in [6.07, 6.45) is -0.289. The van der Waals surface area contributed by atoms with Crippen LogP contribution < -0.4 is 10.6 Å². The van der Waals surface area contributed by atoms with Crippen molar-refractivity contribution in [3.63, 3.8) is 0 Å². The monoisotopic (exact) mass is 324 g/mol. The molecule has 3 N–H and O–H groups in total. The molecule has 0 aliphatic heterocycles. The van der Waals surface area contributed by atoms with Gasteiger partial charge in [-0.1, -0.05) is 32.9 Å². The molecule has 2 amide bonds. The van der Waals surface area contributed by atoms with Gasteiger partial charge in [0.25, 0.3) is 0 Å². The molecule has 0 bridgehead atoms. The number of urea groups is 1. The summed E-state index contributed by atoms with van der Waals surface area (Å²) in [5.74, 6) is -1.92. The number of halogens is 1. The molecule has 0 saturated heterocycles. The molecule has 1 aromatic carbocycles. The molecule has 0 radical (unpaired) electrons. The van der Waals surface area contributed by atoms with E-state index in [4.69, 9.17) is 5.11 Å². The maximum absolute atomic E-state index is 12.8. The highest BCUT2D eigenvalue weighted by atomic mass is 19.1. The van der Waals surface area contributed by atoms with Crippen LogP contribution in [0.1, 0.15) is 32.8 Å². The van der Waals surface area contributed by atoms with Crippen molar-refractivity contribution < 1.29 is 23.9 Å². The summed E-state index contributed by atoms with van der Waals surface area (Å²) >= 11 is 0. The molecular weight excluding hydrogens is 303 g/mol. The van der Waals surface area contributed by atoms with E-state index < -0.39 is 23.5 Å². The van der Waals surface area contributed by atoms with Gasteiger partial charge in [0.2, 0.25) is 0 Å². The van der Waals surface area contributed by atoms with Crippen LogP contribution in [0.15, 0.2) is 24.3 Å². The number of carboxylic acid groups (broad SMARTS) is 1. The molecule has 0 heterocycles. The minimum Gasteiger partial charge on any atom is -0.480 e. The number of carboxylic acids is 1. The Morgan fingerprint density at radius 1 is 1.17 bits per heavy atom. The Morgan fingerprint density at radius 3 is 2.22 bits per heavy atom. The van der Waals surface area contributed by atoms with E-state index >= 15 is 0 Å². The lowest BCUT2D eigenvalue weighted by molar-refractivity contribution is -0.142. The second-order valence-electron chi connectivity index (χ2n) is 6.22. The van der Waals surface area contributed by atoms with Crippen LogP contribution in [0.3, 0.4) is 0 Å². The van der Waals surface area contributed by atoms with Crippen LogP contribution in [0.5, 0.6) is 0 Å². The maximum atomic E-state index is 12.8. The van der Waals surface area contributed by atoms with Gasteiger partial charge in [-0.25, -0.2) is 14.0 Å². The number of nitrogens with one attached hydrogen (secondary N) is 2.